The van der Waals surface area contributed by atoms with Gasteiger partial charge in [0.15, 0.2) is 0 Å². The molecule has 3 nitrogen and oxygen atoms in total. The smallest absolute Gasteiger partial charge is 0.337 e. The fraction of sp³-hybridized carbons (Fsp3) is 0.917. The summed E-state index contributed by atoms with van der Waals surface area (Å²) >= 11 is 0. The van der Waals surface area contributed by atoms with Crippen molar-refractivity contribution in [3.05, 3.63) is 0 Å². The van der Waals surface area contributed by atoms with E-state index in [2.05, 4.69) is 4.74 Å². The topological polar surface area (TPSA) is 29.5 Å². The van der Waals surface area contributed by atoms with Gasteiger partial charge in [-0.1, -0.05) is 6.92 Å². The van der Waals surface area contributed by atoms with Crippen LogP contribution < -0.4 is 0 Å². The summed E-state index contributed by atoms with van der Waals surface area (Å²) in [5.74, 6) is -27.9. The van der Waals surface area contributed by atoms with Crippen LogP contribution in [-0.4, -0.2) is 53.6 Å². The molecule has 0 spiro atoms. The fourth-order valence-corrected chi connectivity index (χ4v) is 2.50. The molecule has 0 aliphatic carbocycles. The first-order valence-electron chi connectivity index (χ1n) is 6.81. The van der Waals surface area contributed by atoms with Gasteiger partial charge in [0.05, 0.1) is 0 Å². The van der Waals surface area contributed by atoms with Crippen LogP contribution in [0.25, 0.3) is 0 Å². The first kappa shape index (κ1) is 19.1. The molecule has 1 amide bonds. The van der Waals surface area contributed by atoms with Gasteiger partial charge in [-0.15, -0.1) is 0 Å². The lowest BCUT2D eigenvalue weighted by Gasteiger charge is -2.37. The third-order valence-corrected chi connectivity index (χ3v) is 4.18. The van der Waals surface area contributed by atoms with Gasteiger partial charge >= 0.3 is 29.7 Å². The summed E-state index contributed by atoms with van der Waals surface area (Å²) in [6.45, 7) is 0.931. The molecule has 2 saturated heterocycles. The van der Waals surface area contributed by atoms with Crippen molar-refractivity contribution in [3.8, 4) is 0 Å². The molecule has 0 aromatic rings. The van der Waals surface area contributed by atoms with Crippen LogP contribution in [0, 0.1) is 5.92 Å². The minimum atomic E-state index is -6.63. The van der Waals surface area contributed by atoms with E-state index in [9.17, 15) is 44.3 Å². The zero-order chi connectivity index (χ0) is 18.8. The Bertz CT molecular complexity index is 531. The van der Waals surface area contributed by atoms with E-state index in [0.717, 1.165) is 0 Å². The van der Waals surface area contributed by atoms with Crippen LogP contribution in [0.15, 0.2) is 0 Å². The molecular formula is C12H12F9NO2. The van der Waals surface area contributed by atoms with Crippen molar-refractivity contribution in [2.45, 2.75) is 49.5 Å². The quantitative estimate of drug-likeness (QED) is 0.694. The molecule has 2 heterocycles. The monoisotopic (exact) mass is 373 g/mol. The van der Waals surface area contributed by atoms with Crippen LogP contribution in [0.2, 0.25) is 0 Å². The number of ether oxygens (including phenoxy) is 1. The lowest BCUT2D eigenvalue weighted by atomic mass is 9.95. The average molecular weight is 373 g/mol. The number of likely N-dealkylation sites (tertiary alicyclic amines) is 1. The van der Waals surface area contributed by atoms with E-state index in [0.29, 0.717) is 0 Å². The molecule has 2 aliphatic rings. The van der Waals surface area contributed by atoms with Crippen molar-refractivity contribution in [2.24, 2.45) is 5.92 Å². The standard InChI is InChI=1S/C12H12F9NO2/c1-6-2-4-22(5-3-6)7(23)8(13,14)11(19)9(15,16)10(17,18)12(20,21)24-11/h6H,2-5H2,1H3. The van der Waals surface area contributed by atoms with Crippen molar-refractivity contribution in [1.82, 2.24) is 4.90 Å². The summed E-state index contributed by atoms with van der Waals surface area (Å²) < 4.78 is 123. The Morgan fingerprint density at radius 3 is 1.83 bits per heavy atom. The van der Waals surface area contributed by atoms with E-state index in [-0.39, 0.29) is 36.7 Å². The zero-order valence-corrected chi connectivity index (χ0v) is 12.1. The highest BCUT2D eigenvalue weighted by Crippen LogP contribution is 2.64. The maximum Gasteiger partial charge on any atom is 0.428 e. The molecular weight excluding hydrogens is 361 g/mol. The highest BCUT2D eigenvalue weighted by molar-refractivity contribution is 5.85. The summed E-state index contributed by atoms with van der Waals surface area (Å²) in [6, 6.07) is 0. The van der Waals surface area contributed by atoms with Gasteiger partial charge < -0.3 is 4.90 Å². The maximum atomic E-state index is 14.0. The van der Waals surface area contributed by atoms with Crippen LogP contribution in [0.1, 0.15) is 19.8 Å². The van der Waals surface area contributed by atoms with Gasteiger partial charge in [0, 0.05) is 13.1 Å². The van der Waals surface area contributed by atoms with Gasteiger partial charge in [-0.2, -0.15) is 39.5 Å². The molecule has 140 valence electrons. The molecule has 1 atom stereocenters. The van der Waals surface area contributed by atoms with E-state index in [4.69, 9.17) is 0 Å². The summed E-state index contributed by atoms with van der Waals surface area (Å²) in [4.78, 5) is 11.9. The Morgan fingerprint density at radius 1 is 1.00 bits per heavy atom. The third kappa shape index (κ3) is 2.21. The van der Waals surface area contributed by atoms with E-state index in [1.807, 2.05) is 0 Å². The number of carbonyl (C=O) groups excluding carboxylic acids is 1. The second-order valence-electron chi connectivity index (χ2n) is 5.91. The van der Waals surface area contributed by atoms with Gasteiger partial charge in [0.2, 0.25) is 0 Å². The van der Waals surface area contributed by atoms with Crippen LogP contribution in [0.3, 0.4) is 0 Å². The molecule has 24 heavy (non-hydrogen) atoms. The van der Waals surface area contributed by atoms with E-state index >= 15 is 0 Å². The number of nitrogens with zero attached hydrogens (tertiary/aromatic N) is 1. The van der Waals surface area contributed by atoms with E-state index in [1.54, 1.807) is 6.92 Å². The zero-order valence-electron chi connectivity index (χ0n) is 12.1. The van der Waals surface area contributed by atoms with Crippen LogP contribution in [0.5, 0.6) is 0 Å². The van der Waals surface area contributed by atoms with Crippen LogP contribution >= 0.6 is 0 Å². The molecule has 2 aliphatic heterocycles. The normalized spacial score (nSPS) is 32.8. The molecule has 0 aromatic heterocycles. The minimum absolute atomic E-state index is 0.000141. The summed E-state index contributed by atoms with van der Waals surface area (Å²) in [6.07, 6.45) is -5.87. The molecule has 2 fully saturated rings. The largest absolute Gasteiger partial charge is 0.428 e. The number of rotatable bonds is 2. The predicted molar refractivity (Wildman–Crippen MR) is 59.7 cm³/mol. The predicted octanol–water partition coefficient (Wildman–Crippen LogP) is 3.44. The van der Waals surface area contributed by atoms with Crippen molar-refractivity contribution >= 4 is 5.91 Å². The maximum absolute atomic E-state index is 14.0. The van der Waals surface area contributed by atoms with E-state index in [1.165, 1.54) is 0 Å². The number of hydrogen-bond donors (Lipinski definition) is 0. The first-order valence-corrected chi connectivity index (χ1v) is 6.81. The van der Waals surface area contributed by atoms with Crippen molar-refractivity contribution in [2.75, 3.05) is 13.1 Å². The van der Waals surface area contributed by atoms with Crippen molar-refractivity contribution < 1.29 is 49.0 Å². The Kier molecular flexibility index (Phi) is 4.10. The second-order valence-corrected chi connectivity index (χ2v) is 5.91. The summed E-state index contributed by atoms with van der Waals surface area (Å²) in [7, 11) is 0. The van der Waals surface area contributed by atoms with Gasteiger partial charge in [0.25, 0.3) is 5.91 Å². The molecule has 12 heteroatoms. The van der Waals surface area contributed by atoms with Gasteiger partial charge in [-0.25, -0.2) is 0 Å². The Balaban J connectivity index is 2.39. The lowest BCUT2D eigenvalue weighted by molar-refractivity contribution is -0.368. The highest BCUT2D eigenvalue weighted by atomic mass is 19.4. The summed E-state index contributed by atoms with van der Waals surface area (Å²) in [5, 5.41) is 0. The molecule has 0 aromatic carbocycles. The van der Waals surface area contributed by atoms with Crippen molar-refractivity contribution in [1.29, 1.82) is 0 Å². The number of carbonyl (C=O) groups is 1. The molecule has 0 N–H and O–H groups in total. The number of alkyl halides is 9. The molecule has 0 radical (unpaired) electrons. The Labute approximate surface area is 129 Å². The van der Waals surface area contributed by atoms with Gasteiger partial charge in [-0.05, 0) is 18.8 Å². The molecule has 1 unspecified atom stereocenters. The fourth-order valence-electron chi connectivity index (χ4n) is 2.50. The second kappa shape index (κ2) is 5.15. The SMILES string of the molecule is CC1CCN(C(=O)C(F)(F)C2(F)OC(F)(F)C(F)(F)C2(F)F)CC1. The Morgan fingerprint density at radius 2 is 1.46 bits per heavy atom. The Hall–Kier alpha value is -1.20. The lowest BCUT2D eigenvalue weighted by Crippen LogP contribution is -2.65. The summed E-state index contributed by atoms with van der Waals surface area (Å²) in [5.41, 5.74) is 0. The first-order chi connectivity index (χ1) is 10.6. The number of piperidine rings is 1. The number of halogens is 9. The number of hydrogen-bond acceptors (Lipinski definition) is 2. The average Bonchev–Trinajstić information content (AvgIpc) is 2.55. The number of amides is 1. The third-order valence-electron chi connectivity index (χ3n) is 4.18. The van der Waals surface area contributed by atoms with E-state index < -0.39 is 35.6 Å². The van der Waals surface area contributed by atoms with Gasteiger partial charge in [-0.3, -0.25) is 9.53 Å². The highest BCUT2D eigenvalue weighted by Gasteiger charge is 2.96. The molecule has 0 saturated carbocycles. The van der Waals surface area contributed by atoms with Crippen molar-refractivity contribution in [3.63, 3.8) is 0 Å². The molecule has 0 bridgehead atoms. The molecule has 2 rings (SSSR count). The van der Waals surface area contributed by atoms with Crippen LogP contribution in [0.4, 0.5) is 39.5 Å². The van der Waals surface area contributed by atoms with Crippen LogP contribution in [-0.2, 0) is 9.53 Å². The van der Waals surface area contributed by atoms with Gasteiger partial charge in [0.1, 0.15) is 0 Å². The minimum Gasteiger partial charge on any atom is -0.337 e.